The van der Waals surface area contributed by atoms with E-state index in [1.54, 1.807) is 36.6 Å². The van der Waals surface area contributed by atoms with E-state index < -0.39 is 0 Å². The molecule has 1 saturated heterocycles. The molecule has 6 nitrogen and oxygen atoms in total. The molecule has 2 aromatic carbocycles. The number of nitrogens with one attached hydrogen (secondary N) is 1. The van der Waals surface area contributed by atoms with Gasteiger partial charge in [0.25, 0.3) is 0 Å². The van der Waals surface area contributed by atoms with Crippen LogP contribution in [0.2, 0.25) is 5.02 Å². The highest BCUT2D eigenvalue weighted by molar-refractivity contribution is 7.22. The fourth-order valence-corrected chi connectivity index (χ4v) is 4.92. The molecule has 1 atom stereocenters. The van der Waals surface area contributed by atoms with Crippen LogP contribution in [0.1, 0.15) is 19.8 Å². The normalized spacial score (nSPS) is 16.5. The molecule has 3 aromatic rings. The van der Waals surface area contributed by atoms with Crippen LogP contribution in [0.4, 0.5) is 10.8 Å². The van der Waals surface area contributed by atoms with Crippen LogP contribution in [-0.2, 0) is 4.79 Å². The lowest BCUT2D eigenvalue weighted by atomic mass is 9.97. The van der Waals surface area contributed by atoms with Gasteiger partial charge < -0.3 is 19.7 Å². The Labute approximate surface area is 184 Å². The highest BCUT2D eigenvalue weighted by Gasteiger charge is 2.27. The summed E-state index contributed by atoms with van der Waals surface area (Å²) in [4.78, 5) is 19.8. The van der Waals surface area contributed by atoms with E-state index in [-0.39, 0.29) is 11.8 Å². The third-order valence-electron chi connectivity index (χ3n) is 5.14. The van der Waals surface area contributed by atoms with E-state index in [4.69, 9.17) is 26.1 Å². The number of halogens is 1. The molecule has 0 bridgehead atoms. The minimum absolute atomic E-state index is 0.000627. The van der Waals surface area contributed by atoms with Gasteiger partial charge in [-0.25, -0.2) is 4.98 Å². The van der Waals surface area contributed by atoms with Crippen LogP contribution in [0, 0.1) is 5.92 Å². The number of ether oxygens (including phenoxy) is 2. The van der Waals surface area contributed by atoms with Gasteiger partial charge >= 0.3 is 0 Å². The molecule has 30 heavy (non-hydrogen) atoms. The van der Waals surface area contributed by atoms with Gasteiger partial charge in [-0.2, -0.15) is 0 Å². The average Bonchev–Trinajstić information content (AvgIpc) is 3.18. The van der Waals surface area contributed by atoms with Crippen molar-refractivity contribution in [3.8, 4) is 11.5 Å². The second-order valence-corrected chi connectivity index (χ2v) is 8.60. The molecule has 1 fully saturated rings. The van der Waals surface area contributed by atoms with Gasteiger partial charge in [-0.05, 0) is 56.2 Å². The van der Waals surface area contributed by atoms with E-state index in [0.29, 0.717) is 29.6 Å². The summed E-state index contributed by atoms with van der Waals surface area (Å²) in [5, 5.41) is 4.41. The van der Waals surface area contributed by atoms with Crippen molar-refractivity contribution in [2.45, 2.75) is 19.8 Å². The smallest absolute Gasteiger partial charge is 0.229 e. The molecule has 1 amide bonds. The van der Waals surface area contributed by atoms with Crippen molar-refractivity contribution >= 4 is 49.9 Å². The first-order chi connectivity index (χ1) is 14.6. The fraction of sp³-hybridized carbons (Fsp3) is 0.364. The van der Waals surface area contributed by atoms with Crippen molar-refractivity contribution in [2.24, 2.45) is 5.92 Å². The zero-order valence-electron chi connectivity index (χ0n) is 17.0. The highest BCUT2D eigenvalue weighted by atomic mass is 35.5. The van der Waals surface area contributed by atoms with Crippen LogP contribution in [0.25, 0.3) is 10.2 Å². The highest BCUT2D eigenvalue weighted by Crippen LogP contribution is 2.34. The van der Waals surface area contributed by atoms with Gasteiger partial charge in [-0.3, -0.25) is 4.79 Å². The maximum absolute atomic E-state index is 12.9. The summed E-state index contributed by atoms with van der Waals surface area (Å²) < 4.78 is 11.8. The SMILES string of the molecule is CCOc1ccc2nc(N3CCC[C@@H](C(=O)Nc4ccc(OC)c(Cl)c4)C3)sc2c1. The van der Waals surface area contributed by atoms with Gasteiger partial charge in [-0.1, -0.05) is 22.9 Å². The molecular formula is C22H24ClN3O3S. The summed E-state index contributed by atoms with van der Waals surface area (Å²) in [5.74, 6) is 1.34. The van der Waals surface area contributed by atoms with Gasteiger partial charge in [0.1, 0.15) is 11.5 Å². The van der Waals surface area contributed by atoms with Crippen molar-refractivity contribution in [1.82, 2.24) is 4.98 Å². The predicted molar refractivity (Wildman–Crippen MR) is 122 cm³/mol. The van der Waals surface area contributed by atoms with Crippen molar-refractivity contribution < 1.29 is 14.3 Å². The monoisotopic (exact) mass is 445 g/mol. The number of benzene rings is 2. The largest absolute Gasteiger partial charge is 0.495 e. The molecule has 1 aromatic heterocycles. The van der Waals surface area contributed by atoms with Gasteiger partial charge in [0, 0.05) is 18.8 Å². The Kier molecular flexibility index (Phi) is 6.29. The quantitative estimate of drug-likeness (QED) is 0.564. The minimum atomic E-state index is -0.106. The molecule has 1 N–H and O–H groups in total. The molecule has 1 aliphatic heterocycles. The van der Waals surface area contributed by atoms with E-state index in [0.717, 1.165) is 40.5 Å². The number of aromatic nitrogens is 1. The van der Waals surface area contributed by atoms with E-state index in [9.17, 15) is 4.79 Å². The number of carbonyl (C=O) groups is 1. The average molecular weight is 446 g/mol. The van der Waals surface area contributed by atoms with Gasteiger partial charge in [-0.15, -0.1) is 0 Å². The number of fused-ring (bicyclic) bond motifs is 1. The number of carbonyl (C=O) groups excluding carboxylic acids is 1. The molecule has 0 saturated carbocycles. The maximum Gasteiger partial charge on any atom is 0.229 e. The number of amides is 1. The lowest BCUT2D eigenvalue weighted by molar-refractivity contribution is -0.120. The standard InChI is InChI=1S/C22H24ClN3O3S/c1-3-29-16-7-8-18-20(12-16)30-22(25-18)26-10-4-5-14(13-26)21(27)24-15-6-9-19(28-2)17(23)11-15/h6-9,11-12,14H,3-5,10,13H2,1-2H3,(H,24,27)/t14-/m1/s1. The number of hydrogen-bond acceptors (Lipinski definition) is 6. The zero-order valence-corrected chi connectivity index (χ0v) is 18.6. The summed E-state index contributed by atoms with van der Waals surface area (Å²) in [7, 11) is 1.57. The minimum Gasteiger partial charge on any atom is -0.495 e. The second kappa shape index (κ2) is 9.10. The molecule has 2 heterocycles. The van der Waals surface area contributed by atoms with Crippen LogP contribution >= 0.6 is 22.9 Å². The predicted octanol–water partition coefficient (Wildman–Crippen LogP) is 5.21. The number of rotatable bonds is 6. The number of piperidine rings is 1. The van der Waals surface area contributed by atoms with Crippen LogP contribution in [0.3, 0.4) is 0 Å². The van der Waals surface area contributed by atoms with E-state index in [1.165, 1.54) is 0 Å². The zero-order chi connectivity index (χ0) is 21.1. The van der Waals surface area contributed by atoms with Gasteiger partial charge in [0.05, 0.1) is 34.9 Å². The molecule has 0 aliphatic carbocycles. The van der Waals surface area contributed by atoms with E-state index in [2.05, 4.69) is 10.2 Å². The van der Waals surface area contributed by atoms with Crippen molar-refractivity contribution in [3.05, 3.63) is 41.4 Å². The number of anilines is 2. The second-order valence-electron chi connectivity index (χ2n) is 7.18. The summed E-state index contributed by atoms with van der Waals surface area (Å²) in [6, 6.07) is 11.2. The van der Waals surface area contributed by atoms with Crippen LogP contribution in [0.5, 0.6) is 11.5 Å². The molecule has 0 unspecified atom stereocenters. The maximum atomic E-state index is 12.9. The molecule has 8 heteroatoms. The number of hydrogen-bond donors (Lipinski definition) is 1. The summed E-state index contributed by atoms with van der Waals surface area (Å²) in [6.07, 6.45) is 1.80. The molecule has 158 valence electrons. The number of nitrogens with zero attached hydrogens (tertiary/aromatic N) is 2. The van der Waals surface area contributed by atoms with Crippen molar-refractivity contribution in [3.63, 3.8) is 0 Å². The first-order valence-electron chi connectivity index (χ1n) is 10.00. The first kappa shape index (κ1) is 20.8. The Morgan fingerprint density at radius 3 is 2.97 bits per heavy atom. The van der Waals surface area contributed by atoms with Crippen LogP contribution in [0.15, 0.2) is 36.4 Å². The molecule has 1 aliphatic rings. The third-order valence-corrected chi connectivity index (χ3v) is 6.52. The fourth-order valence-electron chi connectivity index (χ4n) is 3.64. The third kappa shape index (κ3) is 4.47. The van der Waals surface area contributed by atoms with E-state index in [1.807, 2.05) is 25.1 Å². The van der Waals surface area contributed by atoms with Crippen molar-refractivity contribution in [2.75, 3.05) is 37.0 Å². The Hall–Kier alpha value is -2.51. The Morgan fingerprint density at radius 1 is 1.33 bits per heavy atom. The lowest BCUT2D eigenvalue weighted by Crippen LogP contribution is -2.40. The molecule has 4 rings (SSSR count). The Balaban J connectivity index is 1.45. The van der Waals surface area contributed by atoms with Crippen LogP contribution in [-0.4, -0.2) is 37.7 Å². The van der Waals surface area contributed by atoms with Gasteiger partial charge in [0.2, 0.25) is 5.91 Å². The van der Waals surface area contributed by atoms with Gasteiger partial charge in [0.15, 0.2) is 5.13 Å². The first-order valence-corrected chi connectivity index (χ1v) is 11.2. The summed E-state index contributed by atoms with van der Waals surface area (Å²) in [5.41, 5.74) is 1.63. The Morgan fingerprint density at radius 2 is 2.20 bits per heavy atom. The molecule has 0 spiro atoms. The number of methoxy groups -OCH3 is 1. The molecular weight excluding hydrogens is 422 g/mol. The summed E-state index contributed by atoms with van der Waals surface area (Å²) in [6.45, 7) is 4.16. The van der Waals surface area contributed by atoms with E-state index >= 15 is 0 Å². The molecule has 0 radical (unpaired) electrons. The number of thiazole rings is 1. The van der Waals surface area contributed by atoms with Crippen LogP contribution < -0.4 is 19.7 Å². The summed E-state index contributed by atoms with van der Waals surface area (Å²) >= 11 is 7.81. The van der Waals surface area contributed by atoms with Crippen molar-refractivity contribution in [1.29, 1.82) is 0 Å². The topological polar surface area (TPSA) is 63.7 Å². The Bertz CT molecular complexity index is 1060. The lowest BCUT2D eigenvalue weighted by Gasteiger charge is -2.31.